The largest absolute Gasteiger partial charge is 0.296 e. The number of amides is 2. The summed E-state index contributed by atoms with van der Waals surface area (Å²) in [6.07, 6.45) is 7.04. The van der Waals surface area contributed by atoms with E-state index in [0.29, 0.717) is 12.8 Å². The number of nitrogens with zero attached hydrogens (tertiary/aromatic N) is 1. The normalized spacial score (nSPS) is 27.6. The molecule has 4 nitrogen and oxygen atoms in total. The van der Waals surface area contributed by atoms with Crippen LogP contribution in [0.1, 0.15) is 12.8 Å². The van der Waals surface area contributed by atoms with Crippen LogP contribution >= 0.6 is 11.3 Å². The smallest absolute Gasteiger partial charge is 0.230 e. The van der Waals surface area contributed by atoms with Crippen molar-refractivity contribution in [2.75, 3.05) is 0 Å². The molecule has 1 fully saturated rings. The van der Waals surface area contributed by atoms with Gasteiger partial charge in [-0.05, 0) is 29.5 Å². The number of fused-ring (bicyclic) bond motifs is 2. The van der Waals surface area contributed by atoms with Crippen molar-refractivity contribution in [3.8, 4) is 0 Å². The maximum absolute atomic E-state index is 12.1. The number of hydrogen-bond donors (Lipinski definition) is 1. The maximum Gasteiger partial charge on any atom is 0.230 e. The molecule has 5 heteroatoms. The Morgan fingerprint density at radius 1 is 1.35 bits per heavy atom. The fourth-order valence-corrected chi connectivity index (χ4v) is 3.92. The lowest BCUT2D eigenvalue weighted by molar-refractivity contribution is -0.136. The number of hydrogen-bond acceptors (Lipinski definition) is 4. The zero-order valence-electron chi connectivity index (χ0n) is 10.6. The lowest BCUT2D eigenvalue weighted by atomic mass is 9.77. The Morgan fingerprint density at radius 3 is 3.10 bits per heavy atom. The molecule has 2 atom stereocenters. The number of carbonyl (C=O) groups excluding carboxylic acids is 2. The van der Waals surface area contributed by atoms with E-state index in [1.807, 2.05) is 17.5 Å². The summed E-state index contributed by atoms with van der Waals surface area (Å²) in [4.78, 5) is 28.0. The number of carbonyl (C=O) groups is 2. The molecule has 1 aromatic heterocycles. The van der Waals surface area contributed by atoms with Crippen LogP contribution in [-0.2, 0) is 9.59 Å². The van der Waals surface area contributed by atoms with E-state index in [1.165, 1.54) is 0 Å². The Kier molecular flexibility index (Phi) is 2.50. The van der Waals surface area contributed by atoms with Gasteiger partial charge in [-0.3, -0.25) is 14.9 Å². The molecule has 0 bridgehead atoms. The minimum absolute atomic E-state index is 0.0164. The minimum atomic E-state index is -0.177. The summed E-state index contributed by atoms with van der Waals surface area (Å²) in [6, 6.07) is 2.07. The predicted octanol–water partition coefficient (Wildman–Crippen LogP) is 0.655. The molecule has 0 radical (unpaired) electrons. The van der Waals surface area contributed by atoms with Crippen molar-refractivity contribution in [1.82, 2.24) is 5.32 Å². The molecule has 1 N–H and O–H groups in total. The maximum atomic E-state index is 12.1. The van der Waals surface area contributed by atoms with E-state index in [4.69, 9.17) is 0 Å². The van der Waals surface area contributed by atoms with Gasteiger partial charge in [0, 0.05) is 23.5 Å². The monoisotopic (exact) mass is 284 g/mol. The van der Waals surface area contributed by atoms with E-state index in [-0.39, 0.29) is 23.7 Å². The van der Waals surface area contributed by atoms with E-state index in [0.717, 1.165) is 21.2 Å². The third-order valence-corrected chi connectivity index (χ3v) is 4.86. The molecule has 1 aliphatic carbocycles. The van der Waals surface area contributed by atoms with E-state index in [9.17, 15) is 9.59 Å². The van der Waals surface area contributed by atoms with Crippen LogP contribution in [0.5, 0.6) is 0 Å². The lowest BCUT2D eigenvalue weighted by Gasteiger charge is -2.29. The zero-order valence-corrected chi connectivity index (χ0v) is 11.4. The van der Waals surface area contributed by atoms with E-state index in [1.54, 1.807) is 11.3 Å². The highest BCUT2D eigenvalue weighted by molar-refractivity contribution is 7.07. The van der Waals surface area contributed by atoms with Crippen LogP contribution < -0.4 is 15.2 Å². The van der Waals surface area contributed by atoms with Gasteiger partial charge < -0.3 is 0 Å². The minimum Gasteiger partial charge on any atom is -0.296 e. The summed E-state index contributed by atoms with van der Waals surface area (Å²) < 4.78 is 1.02. The third kappa shape index (κ3) is 1.63. The molecule has 0 aromatic carbocycles. The van der Waals surface area contributed by atoms with Crippen molar-refractivity contribution < 1.29 is 9.59 Å². The molecule has 2 amide bonds. The van der Waals surface area contributed by atoms with Crippen molar-refractivity contribution in [2.45, 2.75) is 12.8 Å². The Bertz CT molecular complexity index is 800. The van der Waals surface area contributed by atoms with Gasteiger partial charge in [-0.2, -0.15) is 0 Å². The van der Waals surface area contributed by atoms with E-state index < -0.39 is 0 Å². The molecule has 2 aliphatic heterocycles. The second-order valence-electron chi connectivity index (χ2n) is 5.19. The van der Waals surface area contributed by atoms with Gasteiger partial charge in [0.25, 0.3) is 0 Å². The third-order valence-electron chi connectivity index (χ3n) is 4.05. The summed E-state index contributed by atoms with van der Waals surface area (Å²) in [5, 5.41) is 5.62. The van der Waals surface area contributed by atoms with Gasteiger partial charge >= 0.3 is 0 Å². The molecule has 3 heterocycles. The quantitative estimate of drug-likeness (QED) is 0.770. The second kappa shape index (κ2) is 4.24. The molecular formula is C15H12N2O2S. The van der Waals surface area contributed by atoms with E-state index in [2.05, 4.69) is 22.5 Å². The SMILES string of the molecule is O=C1CCC(C2C=CC=C3N=c4sccc4=C32)C(=O)N1. The van der Waals surface area contributed by atoms with Crippen molar-refractivity contribution >= 4 is 28.7 Å². The fraction of sp³-hybridized carbons (Fsp3) is 0.267. The van der Waals surface area contributed by atoms with Crippen LogP contribution in [-0.4, -0.2) is 11.8 Å². The van der Waals surface area contributed by atoms with Crippen LogP contribution in [0, 0.1) is 11.8 Å². The van der Waals surface area contributed by atoms with Gasteiger partial charge in [-0.15, -0.1) is 11.3 Å². The number of nitrogens with one attached hydrogen (secondary N) is 1. The first kappa shape index (κ1) is 11.8. The predicted molar refractivity (Wildman–Crippen MR) is 75.1 cm³/mol. The number of allylic oxidation sites excluding steroid dienone is 4. The summed E-state index contributed by atoms with van der Waals surface area (Å²) in [5.74, 6) is -0.487. The number of imide groups is 1. The van der Waals surface area contributed by atoms with Crippen molar-refractivity contribution in [3.63, 3.8) is 0 Å². The highest BCUT2D eigenvalue weighted by Crippen LogP contribution is 2.36. The van der Waals surface area contributed by atoms with Crippen molar-refractivity contribution in [1.29, 1.82) is 0 Å². The van der Waals surface area contributed by atoms with Gasteiger partial charge in [-0.1, -0.05) is 12.2 Å². The fourth-order valence-electron chi connectivity index (χ4n) is 3.13. The van der Waals surface area contributed by atoms with Crippen LogP contribution in [0.2, 0.25) is 0 Å². The van der Waals surface area contributed by atoms with Crippen molar-refractivity contribution in [2.24, 2.45) is 16.8 Å². The molecular weight excluding hydrogens is 272 g/mol. The van der Waals surface area contributed by atoms with E-state index >= 15 is 0 Å². The number of piperidine rings is 1. The molecule has 100 valence electrons. The first-order chi connectivity index (χ1) is 9.74. The van der Waals surface area contributed by atoms with Gasteiger partial charge in [-0.25, -0.2) is 4.99 Å². The second-order valence-corrected chi connectivity index (χ2v) is 6.08. The summed E-state index contributed by atoms with van der Waals surface area (Å²) in [7, 11) is 0. The van der Waals surface area contributed by atoms with Crippen LogP contribution in [0.4, 0.5) is 0 Å². The molecule has 1 aromatic rings. The number of thiophene rings is 1. The first-order valence-corrected chi connectivity index (χ1v) is 7.51. The zero-order chi connectivity index (χ0) is 13.7. The van der Waals surface area contributed by atoms with Crippen LogP contribution in [0.3, 0.4) is 0 Å². The van der Waals surface area contributed by atoms with Crippen LogP contribution in [0.15, 0.2) is 40.4 Å². The Balaban J connectivity index is 1.81. The molecule has 2 unspecified atom stereocenters. The standard InChI is InChI=1S/C15H12N2O2S/c18-12-5-4-9(14(19)17-12)8-2-1-3-11-13(8)10-6-7-20-15(10)16-11/h1-3,6-9H,4-5H2,(H,17,18,19). The van der Waals surface area contributed by atoms with Gasteiger partial charge in [0.15, 0.2) is 0 Å². The molecule has 20 heavy (non-hydrogen) atoms. The topological polar surface area (TPSA) is 58.5 Å². The number of rotatable bonds is 1. The molecule has 0 spiro atoms. The van der Waals surface area contributed by atoms with Crippen LogP contribution in [0.25, 0.3) is 5.57 Å². The average Bonchev–Trinajstić information content (AvgIpc) is 2.98. The van der Waals surface area contributed by atoms with Gasteiger partial charge in [0.1, 0.15) is 4.67 Å². The Morgan fingerprint density at radius 2 is 2.25 bits per heavy atom. The van der Waals surface area contributed by atoms with Gasteiger partial charge in [0.05, 0.1) is 5.70 Å². The highest BCUT2D eigenvalue weighted by Gasteiger charge is 2.37. The molecule has 1 saturated heterocycles. The summed E-state index contributed by atoms with van der Waals surface area (Å²) >= 11 is 1.62. The first-order valence-electron chi connectivity index (χ1n) is 6.63. The summed E-state index contributed by atoms with van der Waals surface area (Å²) in [6.45, 7) is 0. The Labute approximate surface area is 119 Å². The van der Waals surface area contributed by atoms with Gasteiger partial charge in [0.2, 0.25) is 11.8 Å². The molecule has 4 rings (SSSR count). The van der Waals surface area contributed by atoms with Crippen molar-refractivity contribution in [3.05, 3.63) is 45.3 Å². The molecule has 0 saturated carbocycles. The Hall–Kier alpha value is -2.01. The highest BCUT2D eigenvalue weighted by atomic mass is 32.1. The molecule has 3 aliphatic rings. The average molecular weight is 284 g/mol. The lowest BCUT2D eigenvalue weighted by Crippen LogP contribution is -2.44. The summed E-state index contributed by atoms with van der Waals surface area (Å²) in [5.41, 5.74) is 2.10.